The first-order valence-corrected chi connectivity index (χ1v) is 15.0. The molecule has 0 bridgehead atoms. The van der Waals surface area contributed by atoms with E-state index < -0.39 is 0 Å². The molecule has 0 aromatic rings. The van der Waals surface area contributed by atoms with E-state index >= 15 is 0 Å². The highest BCUT2D eigenvalue weighted by atomic mass is 16.7. The van der Waals surface area contributed by atoms with Gasteiger partial charge in [0.1, 0.15) is 6.23 Å². The Morgan fingerprint density at radius 2 is 1.87 bits per heavy atom. The van der Waals surface area contributed by atoms with Crippen LogP contribution < -0.4 is 37.6 Å². The zero-order valence-electron chi connectivity index (χ0n) is 23.0. The quantitative estimate of drug-likeness (QED) is 0.174. The van der Waals surface area contributed by atoms with E-state index in [1.165, 1.54) is 12.8 Å². The Morgan fingerprint density at radius 1 is 1.05 bits per heavy atom. The summed E-state index contributed by atoms with van der Waals surface area (Å²) in [4.78, 5) is 35.4. The molecule has 5 fully saturated rings. The van der Waals surface area contributed by atoms with Crippen molar-refractivity contribution in [3.63, 3.8) is 0 Å². The maximum Gasteiger partial charge on any atom is 0.237 e. The van der Waals surface area contributed by atoms with Gasteiger partial charge < -0.3 is 20.9 Å². The maximum absolute atomic E-state index is 12.4. The van der Waals surface area contributed by atoms with Crippen LogP contribution in [-0.2, 0) is 14.4 Å². The van der Waals surface area contributed by atoms with Crippen molar-refractivity contribution in [2.45, 2.75) is 82.5 Å². The number of likely N-dealkylation sites (N-methyl/N-ethyl adjacent to an activating group) is 1. The predicted molar refractivity (Wildman–Crippen MR) is 144 cm³/mol. The number of nitrogens with one attached hydrogen (secondary N) is 7. The standard InChI is InChI=1S/C26H49N9O3/c1-34-14-16-35(17-15-34)25-20(8-4-11-29-25)24-30-22(38-33-24)10-9-21(36)27-12-5-13-28-23-18-6-2-3-7-19(18)26(37)32-31-23/h18-20,22-25,28-31,33H,2-17H2,1H3,(H,27,36)(H,32,37). The number of carbonyl (C=O) groups excluding carboxylic acids is 2. The van der Waals surface area contributed by atoms with Crippen LogP contribution in [0.1, 0.15) is 57.8 Å². The van der Waals surface area contributed by atoms with Gasteiger partial charge in [0.05, 0.1) is 18.5 Å². The van der Waals surface area contributed by atoms with E-state index in [0.29, 0.717) is 37.4 Å². The van der Waals surface area contributed by atoms with Crippen LogP contribution in [0.5, 0.6) is 0 Å². The molecule has 2 amide bonds. The van der Waals surface area contributed by atoms with E-state index in [-0.39, 0.29) is 36.3 Å². The lowest BCUT2D eigenvalue weighted by atomic mass is 9.76. The lowest BCUT2D eigenvalue weighted by Crippen LogP contribution is -2.64. The molecule has 12 nitrogen and oxygen atoms in total. The number of hydrogen-bond acceptors (Lipinski definition) is 10. The minimum atomic E-state index is -0.154. The van der Waals surface area contributed by atoms with Gasteiger partial charge in [0.15, 0.2) is 0 Å². The Kier molecular flexibility index (Phi) is 10.2. The second-order valence-corrected chi connectivity index (χ2v) is 11.8. The topological polar surface area (TPSA) is 134 Å². The van der Waals surface area contributed by atoms with Gasteiger partial charge in [-0.05, 0) is 58.7 Å². The number of rotatable bonds is 10. The van der Waals surface area contributed by atoms with Crippen molar-refractivity contribution in [3.05, 3.63) is 0 Å². The molecule has 4 aliphatic heterocycles. The van der Waals surface area contributed by atoms with Crippen molar-refractivity contribution < 1.29 is 14.4 Å². The summed E-state index contributed by atoms with van der Waals surface area (Å²) in [5, 5.41) is 13.9. The molecule has 0 aromatic heterocycles. The number of piperazine rings is 1. The Morgan fingerprint density at radius 3 is 2.74 bits per heavy atom. The summed E-state index contributed by atoms with van der Waals surface area (Å²) in [6.07, 6.45) is 9.04. The van der Waals surface area contributed by atoms with E-state index in [1.807, 2.05) is 0 Å². The molecule has 0 radical (unpaired) electrons. The van der Waals surface area contributed by atoms with Gasteiger partial charge in [0, 0.05) is 56.9 Å². The van der Waals surface area contributed by atoms with Crippen molar-refractivity contribution in [1.82, 2.24) is 47.4 Å². The summed E-state index contributed by atoms with van der Waals surface area (Å²) in [5.74, 6) is 1.09. The average molecular weight is 536 g/mol. The normalized spacial score (nSPS) is 37.0. The predicted octanol–water partition coefficient (Wildman–Crippen LogP) is -1.02. The van der Waals surface area contributed by atoms with Gasteiger partial charge in [-0.1, -0.05) is 12.8 Å². The lowest BCUT2D eigenvalue weighted by molar-refractivity contribution is -0.134. The summed E-state index contributed by atoms with van der Waals surface area (Å²) in [5.41, 5.74) is 9.19. The van der Waals surface area contributed by atoms with Gasteiger partial charge in [-0.2, -0.15) is 5.48 Å². The number of piperidine rings is 1. The number of fused-ring (bicyclic) bond motifs is 1. The summed E-state index contributed by atoms with van der Waals surface area (Å²) in [6, 6.07) is 0. The molecule has 0 spiro atoms. The lowest BCUT2D eigenvalue weighted by Gasteiger charge is -2.45. The third kappa shape index (κ3) is 7.22. The van der Waals surface area contributed by atoms with Crippen molar-refractivity contribution in [3.8, 4) is 0 Å². The Labute approximate surface area is 227 Å². The number of hydroxylamine groups is 1. The fourth-order valence-electron chi connectivity index (χ4n) is 6.88. The molecule has 1 saturated carbocycles. The third-order valence-corrected chi connectivity index (χ3v) is 9.14. The summed E-state index contributed by atoms with van der Waals surface area (Å²) in [7, 11) is 2.19. The van der Waals surface area contributed by atoms with Crippen LogP contribution in [0.25, 0.3) is 0 Å². The number of nitrogens with zero attached hydrogens (tertiary/aromatic N) is 2. The van der Waals surface area contributed by atoms with Crippen LogP contribution in [-0.4, -0.2) is 99.2 Å². The number of hydrogen-bond donors (Lipinski definition) is 7. The van der Waals surface area contributed by atoms with Crippen molar-refractivity contribution in [1.29, 1.82) is 0 Å². The van der Waals surface area contributed by atoms with Gasteiger partial charge >= 0.3 is 0 Å². The van der Waals surface area contributed by atoms with Crippen molar-refractivity contribution >= 4 is 11.8 Å². The van der Waals surface area contributed by atoms with E-state index in [0.717, 1.165) is 71.4 Å². The smallest absolute Gasteiger partial charge is 0.237 e. The SMILES string of the molecule is CN1CCN(C2NCCCC2C2NOC(CCC(=O)NCCCNC3NNC(=O)C4CCCCC34)N2)CC1. The maximum atomic E-state index is 12.4. The van der Waals surface area contributed by atoms with Crippen LogP contribution >= 0.6 is 0 Å². The molecular formula is C26H49N9O3. The summed E-state index contributed by atoms with van der Waals surface area (Å²) >= 11 is 0. The summed E-state index contributed by atoms with van der Waals surface area (Å²) in [6.45, 7) is 6.89. The van der Waals surface area contributed by atoms with Crippen molar-refractivity contribution in [2.24, 2.45) is 17.8 Å². The highest BCUT2D eigenvalue weighted by Gasteiger charge is 2.41. The molecule has 38 heavy (non-hydrogen) atoms. The first kappa shape index (κ1) is 28.2. The minimum Gasteiger partial charge on any atom is -0.356 e. The average Bonchev–Trinajstić information content (AvgIpc) is 3.42. The molecule has 4 heterocycles. The van der Waals surface area contributed by atoms with E-state index in [2.05, 4.69) is 54.4 Å². The second kappa shape index (κ2) is 13.8. The molecule has 216 valence electrons. The zero-order chi connectivity index (χ0) is 26.3. The number of hydrazine groups is 1. The fraction of sp³-hybridized carbons (Fsp3) is 0.923. The van der Waals surface area contributed by atoms with Crippen LogP contribution in [0.4, 0.5) is 0 Å². The number of amides is 2. The van der Waals surface area contributed by atoms with Gasteiger partial charge in [0.2, 0.25) is 11.8 Å². The van der Waals surface area contributed by atoms with E-state index in [9.17, 15) is 9.59 Å². The Balaban J connectivity index is 0.957. The molecule has 5 rings (SSSR count). The van der Waals surface area contributed by atoms with Gasteiger partial charge in [-0.15, -0.1) is 0 Å². The first-order valence-electron chi connectivity index (χ1n) is 15.0. The van der Waals surface area contributed by atoms with Crippen LogP contribution in [0.3, 0.4) is 0 Å². The zero-order valence-corrected chi connectivity index (χ0v) is 23.0. The van der Waals surface area contributed by atoms with Crippen LogP contribution in [0.15, 0.2) is 0 Å². The summed E-state index contributed by atoms with van der Waals surface area (Å²) < 4.78 is 0. The molecule has 7 unspecified atom stereocenters. The molecule has 12 heteroatoms. The highest BCUT2D eigenvalue weighted by molar-refractivity contribution is 5.79. The largest absolute Gasteiger partial charge is 0.356 e. The van der Waals surface area contributed by atoms with Crippen molar-refractivity contribution in [2.75, 3.05) is 52.9 Å². The molecule has 0 aromatic carbocycles. The first-order chi connectivity index (χ1) is 18.6. The third-order valence-electron chi connectivity index (χ3n) is 9.14. The highest BCUT2D eigenvalue weighted by Crippen LogP contribution is 2.33. The van der Waals surface area contributed by atoms with Gasteiger partial charge in [0.25, 0.3) is 0 Å². The molecule has 1 aliphatic carbocycles. The Hall–Kier alpha value is -1.38. The molecule has 4 saturated heterocycles. The van der Waals surface area contributed by atoms with Gasteiger partial charge in [-0.25, -0.2) is 5.43 Å². The van der Waals surface area contributed by atoms with Crippen LogP contribution in [0, 0.1) is 17.8 Å². The molecule has 7 atom stereocenters. The fourth-order valence-corrected chi connectivity index (χ4v) is 6.88. The Bertz CT molecular complexity index is 781. The molecule has 5 aliphatic rings. The van der Waals surface area contributed by atoms with E-state index in [1.54, 1.807) is 0 Å². The molecular weight excluding hydrogens is 486 g/mol. The van der Waals surface area contributed by atoms with Gasteiger partial charge in [-0.3, -0.25) is 30.1 Å². The minimum absolute atomic E-state index is 0.0592. The van der Waals surface area contributed by atoms with Crippen LogP contribution in [0.2, 0.25) is 0 Å². The number of carbonyl (C=O) groups is 2. The molecule has 7 N–H and O–H groups in total. The second-order valence-electron chi connectivity index (χ2n) is 11.8. The monoisotopic (exact) mass is 535 g/mol. The van der Waals surface area contributed by atoms with E-state index in [4.69, 9.17) is 4.84 Å².